The number of nitrogens with zero attached hydrogens (tertiary/aromatic N) is 3. The summed E-state index contributed by atoms with van der Waals surface area (Å²) in [6, 6.07) is 16.1. The van der Waals surface area contributed by atoms with Crippen molar-refractivity contribution in [3.63, 3.8) is 0 Å². The zero-order chi connectivity index (χ0) is 14.8. The fourth-order valence-corrected chi connectivity index (χ4v) is 2.41. The van der Waals surface area contributed by atoms with Gasteiger partial charge >= 0.3 is 0 Å². The number of rotatable bonds is 3. The summed E-state index contributed by atoms with van der Waals surface area (Å²) in [6.45, 7) is 2.52. The van der Waals surface area contributed by atoms with Gasteiger partial charge in [-0.25, -0.2) is 9.97 Å². The lowest BCUT2D eigenvalue weighted by atomic mass is 10.2. The third kappa shape index (κ3) is 2.58. The molecule has 2 N–H and O–H groups in total. The molecular formula is C17H18N4. The molecule has 21 heavy (non-hydrogen) atoms. The number of aryl methyl sites for hydroxylation is 1. The first-order valence-corrected chi connectivity index (χ1v) is 6.95. The van der Waals surface area contributed by atoms with E-state index in [-0.39, 0.29) is 0 Å². The highest BCUT2D eigenvalue weighted by Gasteiger charge is 2.11. The number of nitrogens with two attached hydrogens (primary N) is 1. The molecule has 4 nitrogen and oxygen atoms in total. The fraction of sp³-hybridized carbons (Fsp3) is 0.176. The van der Waals surface area contributed by atoms with E-state index < -0.39 is 0 Å². The molecule has 0 amide bonds. The molecule has 106 valence electrons. The van der Waals surface area contributed by atoms with Gasteiger partial charge in [0.2, 0.25) is 0 Å². The van der Waals surface area contributed by atoms with Crippen LogP contribution in [0, 0.1) is 6.92 Å². The maximum atomic E-state index is 5.72. The van der Waals surface area contributed by atoms with Crippen molar-refractivity contribution >= 4 is 22.5 Å². The minimum atomic E-state index is 0.532. The maximum Gasteiger partial charge on any atom is 0.154 e. The molecule has 0 fully saturated rings. The number of hydrogen-bond donors (Lipinski definition) is 1. The number of anilines is 2. The van der Waals surface area contributed by atoms with E-state index in [2.05, 4.69) is 17.1 Å². The largest absolute Gasteiger partial charge is 0.328 e. The summed E-state index contributed by atoms with van der Waals surface area (Å²) in [5.41, 5.74) is 10.6. The quantitative estimate of drug-likeness (QED) is 0.799. The van der Waals surface area contributed by atoms with Crippen LogP contribution in [0.25, 0.3) is 11.0 Å². The summed E-state index contributed by atoms with van der Waals surface area (Å²) in [5.74, 6) is 0.864. The van der Waals surface area contributed by atoms with Crippen LogP contribution in [0.15, 0.2) is 48.5 Å². The molecule has 1 heterocycles. The molecular weight excluding hydrogens is 260 g/mol. The van der Waals surface area contributed by atoms with Crippen LogP contribution in [-0.4, -0.2) is 17.0 Å². The molecule has 3 aromatic rings. The SMILES string of the molecule is Cc1nc2ccccc2nc1N(C)c1cccc(CN)c1. The number of hydrogen-bond acceptors (Lipinski definition) is 4. The van der Waals surface area contributed by atoms with E-state index in [1.165, 1.54) is 0 Å². The van der Waals surface area contributed by atoms with Crippen LogP contribution < -0.4 is 10.6 Å². The normalized spacial score (nSPS) is 10.8. The van der Waals surface area contributed by atoms with E-state index in [0.29, 0.717) is 6.54 Å². The van der Waals surface area contributed by atoms with Crippen LogP contribution in [0.5, 0.6) is 0 Å². The monoisotopic (exact) mass is 278 g/mol. The van der Waals surface area contributed by atoms with Crippen molar-refractivity contribution < 1.29 is 0 Å². The zero-order valence-electron chi connectivity index (χ0n) is 12.2. The fourth-order valence-electron chi connectivity index (χ4n) is 2.41. The van der Waals surface area contributed by atoms with Crippen LogP contribution in [0.3, 0.4) is 0 Å². The van der Waals surface area contributed by atoms with Gasteiger partial charge in [-0.1, -0.05) is 24.3 Å². The van der Waals surface area contributed by atoms with Gasteiger partial charge in [0, 0.05) is 19.3 Å². The Hall–Kier alpha value is -2.46. The van der Waals surface area contributed by atoms with Crippen molar-refractivity contribution in [3.05, 3.63) is 59.8 Å². The van der Waals surface area contributed by atoms with E-state index >= 15 is 0 Å². The van der Waals surface area contributed by atoms with Gasteiger partial charge in [-0.15, -0.1) is 0 Å². The van der Waals surface area contributed by atoms with Crippen molar-refractivity contribution in [3.8, 4) is 0 Å². The second-order valence-electron chi connectivity index (χ2n) is 5.05. The lowest BCUT2D eigenvalue weighted by molar-refractivity contribution is 1.05. The molecule has 0 saturated heterocycles. The van der Waals surface area contributed by atoms with Crippen LogP contribution in [0.2, 0.25) is 0 Å². The molecule has 0 unspecified atom stereocenters. The Labute approximate surface area is 124 Å². The van der Waals surface area contributed by atoms with Gasteiger partial charge in [-0.05, 0) is 36.8 Å². The van der Waals surface area contributed by atoms with Crippen LogP contribution >= 0.6 is 0 Å². The highest BCUT2D eigenvalue weighted by atomic mass is 15.2. The highest BCUT2D eigenvalue weighted by Crippen LogP contribution is 2.26. The Kier molecular flexibility index (Phi) is 3.54. The second kappa shape index (κ2) is 5.50. The lowest BCUT2D eigenvalue weighted by Gasteiger charge is -2.21. The topological polar surface area (TPSA) is 55.0 Å². The number of para-hydroxylation sites is 2. The molecule has 2 aromatic carbocycles. The molecule has 0 aliphatic heterocycles. The molecule has 0 saturated carbocycles. The van der Waals surface area contributed by atoms with E-state index in [0.717, 1.165) is 33.8 Å². The van der Waals surface area contributed by atoms with E-state index in [4.69, 9.17) is 10.7 Å². The van der Waals surface area contributed by atoms with Gasteiger partial charge in [0.05, 0.1) is 16.7 Å². The summed E-state index contributed by atoms with van der Waals surface area (Å²) in [4.78, 5) is 11.4. The Bertz CT molecular complexity index is 783. The average Bonchev–Trinajstić information content (AvgIpc) is 2.53. The summed E-state index contributed by atoms with van der Waals surface area (Å²) in [5, 5.41) is 0. The summed E-state index contributed by atoms with van der Waals surface area (Å²) in [7, 11) is 2.00. The van der Waals surface area contributed by atoms with Crippen LogP contribution in [0.1, 0.15) is 11.3 Å². The maximum absolute atomic E-state index is 5.72. The molecule has 0 bridgehead atoms. The third-order valence-electron chi connectivity index (χ3n) is 3.57. The molecule has 0 atom stereocenters. The Balaban J connectivity index is 2.08. The van der Waals surface area contributed by atoms with Gasteiger partial charge in [0.25, 0.3) is 0 Å². The predicted octanol–water partition coefficient (Wildman–Crippen LogP) is 3.16. The Morgan fingerprint density at radius 1 is 1.00 bits per heavy atom. The molecule has 0 radical (unpaired) electrons. The standard InChI is InChI=1S/C17H18N4/c1-12-17(20-16-9-4-3-8-15(16)19-12)21(2)14-7-5-6-13(10-14)11-18/h3-10H,11,18H2,1-2H3. The zero-order valence-corrected chi connectivity index (χ0v) is 12.2. The van der Waals surface area contributed by atoms with Crippen LogP contribution in [0.4, 0.5) is 11.5 Å². The molecule has 0 aliphatic carbocycles. The number of aromatic nitrogens is 2. The van der Waals surface area contributed by atoms with Gasteiger partial charge in [-0.2, -0.15) is 0 Å². The van der Waals surface area contributed by atoms with Gasteiger partial charge in [-0.3, -0.25) is 0 Å². The molecule has 0 aliphatic rings. The van der Waals surface area contributed by atoms with Crippen molar-refractivity contribution in [1.29, 1.82) is 0 Å². The second-order valence-corrected chi connectivity index (χ2v) is 5.05. The third-order valence-corrected chi connectivity index (χ3v) is 3.57. The average molecular weight is 278 g/mol. The van der Waals surface area contributed by atoms with Crippen molar-refractivity contribution in [1.82, 2.24) is 9.97 Å². The van der Waals surface area contributed by atoms with E-state index in [1.807, 2.05) is 55.3 Å². The number of fused-ring (bicyclic) bond motifs is 1. The van der Waals surface area contributed by atoms with Gasteiger partial charge < -0.3 is 10.6 Å². The van der Waals surface area contributed by atoms with Gasteiger partial charge in [0.15, 0.2) is 5.82 Å². The summed E-state index contributed by atoms with van der Waals surface area (Å²) in [6.07, 6.45) is 0. The number of benzene rings is 2. The smallest absolute Gasteiger partial charge is 0.154 e. The first kappa shape index (κ1) is 13.5. The highest BCUT2D eigenvalue weighted by molar-refractivity contribution is 5.77. The minimum Gasteiger partial charge on any atom is -0.328 e. The van der Waals surface area contributed by atoms with Crippen molar-refractivity contribution in [2.24, 2.45) is 5.73 Å². The van der Waals surface area contributed by atoms with E-state index in [1.54, 1.807) is 0 Å². The molecule has 1 aromatic heterocycles. The molecule has 4 heteroatoms. The first-order valence-electron chi connectivity index (χ1n) is 6.95. The van der Waals surface area contributed by atoms with Crippen molar-refractivity contribution in [2.45, 2.75) is 13.5 Å². The minimum absolute atomic E-state index is 0.532. The Morgan fingerprint density at radius 3 is 2.43 bits per heavy atom. The Morgan fingerprint density at radius 2 is 1.71 bits per heavy atom. The van der Waals surface area contributed by atoms with Gasteiger partial charge in [0.1, 0.15) is 0 Å². The molecule has 3 rings (SSSR count). The summed E-state index contributed by atoms with van der Waals surface area (Å²) < 4.78 is 0. The van der Waals surface area contributed by atoms with E-state index in [9.17, 15) is 0 Å². The molecule has 0 spiro atoms. The van der Waals surface area contributed by atoms with Crippen molar-refractivity contribution in [2.75, 3.05) is 11.9 Å². The predicted molar refractivity (Wildman–Crippen MR) is 86.7 cm³/mol. The van der Waals surface area contributed by atoms with Crippen LogP contribution in [-0.2, 0) is 6.54 Å². The first-order chi connectivity index (χ1) is 10.2. The summed E-state index contributed by atoms with van der Waals surface area (Å²) >= 11 is 0. The lowest BCUT2D eigenvalue weighted by Crippen LogP contribution is -2.14.